The Bertz CT molecular complexity index is 1640. The number of aromatic nitrogens is 6. The van der Waals surface area contributed by atoms with Crippen LogP contribution >= 0.6 is 0 Å². The molecule has 43 heavy (non-hydrogen) atoms. The number of anilines is 2. The lowest BCUT2D eigenvalue weighted by Crippen LogP contribution is -2.33. The van der Waals surface area contributed by atoms with E-state index in [0.29, 0.717) is 60.7 Å². The lowest BCUT2D eigenvalue weighted by atomic mass is 9.92. The van der Waals surface area contributed by atoms with E-state index in [-0.39, 0.29) is 23.5 Å². The number of alkyl halides is 3. The number of pyridine rings is 2. The van der Waals surface area contributed by atoms with E-state index < -0.39 is 12.7 Å². The topological polar surface area (TPSA) is 103 Å². The highest BCUT2D eigenvalue weighted by Gasteiger charge is 2.35. The molecule has 0 amide bonds. The highest BCUT2D eigenvalue weighted by molar-refractivity contribution is 5.81. The van der Waals surface area contributed by atoms with Gasteiger partial charge in [0.25, 0.3) is 0 Å². The maximum atomic E-state index is 12.9. The van der Waals surface area contributed by atoms with Gasteiger partial charge in [-0.05, 0) is 38.8 Å². The number of nitrogens with one attached hydrogen (secondary N) is 1. The Kier molecular flexibility index (Phi) is 8.21. The first kappa shape index (κ1) is 30.5. The molecule has 13 heteroatoms. The summed E-state index contributed by atoms with van der Waals surface area (Å²) in [6.07, 6.45) is -0.0420. The average molecular weight is 599 g/mol. The van der Waals surface area contributed by atoms with Crippen molar-refractivity contribution in [3.05, 3.63) is 47.5 Å². The largest absolute Gasteiger partial charge is 0.455 e. The van der Waals surface area contributed by atoms with Gasteiger partial charge < -0.3 is 14.6 Å². The summed E-state index contributed by atoms with van der Waals surface area (Å²) in [6.45, 7) is 10.2. The van der Waals surface area contributed by atoms with Gasteiger partial charge in [-0.25, -0.2) is 4.98 Å². The minimum Gasteiger partial charge on any atom is -0.455 e. The van der Waals surface area contributed by atoms with E-state index in [1.54, 1.807) is 24.5 Å². The van der Waals surface area contributed by atoms with E-state index in [4.69, 9.17) is 9.84 Å². The zero-order valence-electron chi connectivity index (χ0n) is 25.3. The van der Waals surface area contributed by atoms with Crippen molar-refractivity contribution in [3.8, 4) is 11.5 Å². The van der Waals surface area contributed by atoms with Gasteiger partial charge in [0.1, 0.15) is 11.5 Å². The fraction of sp³-hybridized carbons (Fsp3) is 0.500. The Morgan fingerprint density at radius 3 is 2.65 bits per heavy atom. The maximum Gasteiger partial charge on any atom is 0.401 e. The predicted molar refractivity (Wildman–Crippen MR) is 157 cm³/mol. The molecule has 0 radical (unpaired) electrons. The Labute approximate surface area is 248 Å². The molecule has 1 N–H and O–H groups in total. The number of ether oxygens (including phenoxy) is 1. The molecule has 1 atom stereocenters. The molecule has 0 aromatic carbocycles. The third-order valence-corrected chi connectivity index (χ3v) is 7.54. The standard InChI is InChI=1S/C30H37F3N8O2/c1-18(42)11-21-12-22(7-9-34-21)43-23-14-35-27-26(19(23)2)39(6)28(37-27)36-25-13-24(29(3,4)5)41(38-25)16-20-8-10-40(15-20)17-30(31,32)33/h7,9,12-14,20H,8,10-11,15-17H2,1-6H3,(H,35,36,37,38)/t20-/m0/s1. The SMILES string of the molecule is CC(=O)Cc1cc(Oc2cnc3nc(Nc4cc(C(C)(C)C)n(C[C@H]5CCN(CC(F)(F)F)C5)n4)n(C)c3c2C)ccn1. The van der Waals surface area contributed by atoms with Gasteiger partial charge in [-0.2, -0.15) is 23.3 Å². The molecule has 230 valence electrons. The summed E-state index contributed by atoms with van der Waals surface area (Å²) < 4.78 is 48.6. The van der Waals surface area contributed by atoms with Gasteiger partial charge in [-0.1, -0.05) is 20.8 Å². The van der Waals surface area contributed by atoms with Crippen molar-refractivity contribution in [1.29, 1.82) is 0 Å². The van der Waals surface area contributed by atoms with E-state index in [9.17, 15) is 18.0 Å². The normalized spacial score (nSPS) is 16.3. The van der Waals surface area contributed by atoms with Crippen molar-refractivity contribution in [1.82, 2.24) is 34.2 Å². The number of hydrogen-bond acceptors (Lipinski definition) is 8. The van der Waals surface area contributed by atoms with Crippen LogP contribution in [0.1, 0.15) is 51.1 Å². The fourth-order valence-corrected chi connectivity index (χ4v) is 5.58. The number of ketones is 1. The van der Waals surface area contributed by atoms with Crippen molar-refractivity contribution in [3.63, 3.8) is 0 Å². The molecule has 4 aromatic rings. The predicted octanol–water partition coefficient (Wildman–Crippen LogP) is 5.72. The average Bonchev–Trinajstić information content (AvgIpc) is 3.58. The smallest absolute Gasteiger partial charge is 0.401 e. The van der Waals surface area contributed by atoms with Gasteiger partial charge in [0, 0.05) is 61.6 Å². The summed E-state index contributed by atoms with van der Waals surface area (Å²) >= 11 is 0. The van der Waals surface area contributed by atoms with Gasteiger partial charge in [-0.15, -0.1) is 0 Å². The molecular formula is C30H37F3N8O2. The maximum absolute atomic E-state index is 12.9. The van der Waals surface area contributed by atoms with Crippen molar-refractivity contribution >= 4 is 28.7 Å². The molecule has 0 unspecified atom stereocenters. The first-order valence-electron chi connectivity index (χ1n) is 14.2. The first-order chi connectivity index (χ1) is 20.2. The number of likely N-dealkylation sites (tertiary alicyclic amines) is 1. The summed E-state index contributed by atoms with van der Waals surface area (Å²) in [5, 5.41) is 8.13. The molecule has 4 aromatic heterocycles. The van der Waals surface area contributed by atoms with Gasteiger partial charge in [-0.3, -0.25) is 19.4 Å². The Morgan fingerprint density at radius 1 is 1.19 bits per heavy atom. The third kappa shape index (κ3) is 7.15. The molecular weight excluding hydrogens is 561 g/mol. The molecule has 1 aliphatic heterocycles. The monoisotopic (exact) mass is 598 g/mol. The number of hydrogen-bond donors (Lipinski definition) is 1. The van der Waals surface area contributed by atoms with E-state index in [2.05, 4.69) is 41.0 Å². The molecule has 1 aliphatic rings. The van der Waals surface area contributed by atoms with Crippen LogP contribution in [0.25, 0.3) is 11.2 Å². The van der Waals surface area contributed by atoms with Crippen LogP contribution in [-0.4, -0.2) is 65.8 Å². The second kappa shape index (κ2) is 11.6. The first-order valence-corrected chi connectivity index (χ1v) is 14.2. The molecule has 5 heterocycles. The quantitative estimate of drug-likeness (QED) is 0.261. The molecule has 1 saturated heterocycles. The number of imidazole rings is 1. The van der Waals surface area contributed by atoms with E-state index in [1.165, 1.54) is 11.8 Å². The number of Topliss-reactive ketones (excluding diaryl/α,β-unsaturated/α-hetero) is 1. The Hall–Kier alpha value is -4.00. The number of nitrogens with zero attached hydrogens (tertiary/aromatic N) is 7. The number of aryl methyl sites for hydroxylation is 2. The van der Waals surface area contributed by atoms with Gasteiger partial charge >= 0.3 is 6.18 Å². The van der Waals surface area contributed by atoms with Crippen LogP contribution in [0.2, 0.25) is 0 Å². The van der Waals surface area contributed by atoms with E-state index >= 15 is 0 Å². The lowest BCUT2D eigenvalue weighted by Gasteiger charge is -2.22. The molecule has 0 aliphatic carbocycles. The van der Waals surface area contributed by atoms with Crippen molar-refractivity contribution < 1.29 is 22.7 Å². The number of rotatable bonds is 9. The molecule has 1 fully saturated rings. The van der Waals surface area contributed by atoms with Gasteiger partial charge in [0.05, 0.1) is 24.0 Å². The van der Waals surface area contributed by atoms with Crippen molar-refractivity contribution in [2.45, 2.75) is 65.6 Å². The fourth-order valence-electron chi connectivity index (χ4n) is 5.58. The number of carbonyl (C=O) groups excluding carboxylic acids is 1. The summed E-state index contributed by atoms with van der Waals surface area (Å²) in [6, 6.07) is 5.44. The van der Waals surface area contributed by atoms with E-state index in [0.717, 1.165) is 16.8 Å². The summed E-state index contributed by atoms with van der Waals surface area (Å²) in [7, 11) is 1.88. The lowest BCUT2D eigenvalue weighted by molar-refractivity contribution is -0.143. The second-order valence-corrected chi connectivity index (χ2v) is 12.4. The molecule has 0 saturated carbocycles. The van der Waals surface area contributed by atoms with Crippen LogP contribution in [0.3, 0.4) is 0 Å². The number of carbonyl (C=O) groups is 1. The summed E-state index contributed by atoms with van der Waals surface area (Å²) in [5.74, 6) is 2.34. The van der Waals surface area contributed by atoms with Crippen molar-refractivity contribution in [2.24, 2.45) is 13.0 Å². The van der Waals surface area contributed by atoms with Crippen LogP contribution in [-0.2, 0) is 30.2 Å². The molecule has 0 bridgehead atoms. The molecule has 0 spiro atoms. The number of halogens is 3. The van der Waals surface area contributed by atoms with Crippen LogP contribution in [0.4, 0.5) is 24.9 Å². The number of fused-ring (bicyclic) bond motifs is 1. The summed E-state index contributed by atoms with van der Waals surface area (Å²) in [4.78, 5) is 26.4. The molecule has 5 rings (SSSR count). The second-order valence-electron chi connectivity index (χ2n) is 12.4. The zero-order valence-corrected chi connectivity index (χ0v) is 25.3. The zero-order chi connectivity index (χ0) is 31.1. The molecule has 10 nitrogen and oxygen atoms in total. The van der Waals surface area contributed by atoms with Gasteiger partial charge in [0.15, 0.2) is 17.2 Å². The third-order valence-electron chi connectivity index (χ3n) is 7.54. The van der Waals surface area contributed by atoms with Crippen LogP contribution in [0.5, 0.6) is 11.5 Å². The highest BCUT2D eigenvalue weighted by Crippen LogP contribution is 2.33. The van der Waals surface area contributed by atoms with Gasteiger partial charge in [0.2, 0.25) is 5.95 Å². The van der Waals surface area contributed by atoms with Crippen molar-refractivity contribution in [2.75, 3.05) is 25.0 Å². The minimum atomic E-state index is -4.20. The van der Waals surface area contributed by atoms with E-state index in [1.807, 2.05) is 29.3 Å². The minimum absolute atomic E-state index is 0.0180. The Balaban J connectivity index is 1.37. The summed E-state index contributed by atoms with van der Waals surface area (Å²) in [5.41, 5.74) is 3.53. The van der Waals surface area contributed by atoms with Crippen LogP contribution in [0, 0.1) is 12.8 Å². The Morgan fingerprint density at radius 2 is 1.95 bits per heavy atom. The highest BCUT2D eigenvalue weighted by atomic mass is 19.4. The van der Waals surface area contributed by atoms with Crippen LogP contribution in [0.15, 0.2) is 30.6 Å². The van der Waals surface area contributed by atoms with Crippen LogP contribution < -0.4 is 10.1 Å².